The Labute approximate surface area is 196 Å². The van der Waals surface area contributed by atoms with Crippen LogP contribution in [-0.2, 0) is 10.5 Å². The molecule has 2 atom stereocenters. The number of hydrogen-bond donors (Lipinski definition) is 0. The predicted molar refractivity (Wildman–Crippen MR) is 135 cm³/mol. The zero-order valence-electron chi connectivity index (χ0n) is 19.0. The molecule has 1 fully saturated rings. The van der Waals surface area contributed by atoms with E-state index in [-0.39, 0.29) is 11.8 Å². The zero-order chi connectivity index (χ0) is 22.3. The highest BCUT2D eigenvalue weighted by atomic mass is 32.2. The Kier molecular flexibility index (Phi) is 7.67. The van der Waals surface area contributed by atoms with Crippen LogP contribution in [0.2, 0.25) is 0 Å². The SMILES string of the molecule is CN(C)CCCN(C(=O)[C@@H]1C[C@H]1c1ccccc1)c1ccccc1SCc1ccccc1. The van der Waals surface area contributed by atoms with Gasteiger partial charge in [0, 0.05) is 23.1 Å². The fourth-order valence-electron chi connectivity index (χ4n) is 4.17. The van der Waals surface area contributed by atoms with Crippen LogP contribution in [0.1, 0.15) is 29.9 Å². The monoisotopic (exact) mass is 444 g/mol. The number of benzene rings is 3. The third kappa shape index (κ3) is 5.81. The number of carbonyl (C=O) groups excluding carboxylic acids is 1. The highest BCUT2D eigenvalue weighted by molar-refractivity contribution is 7.98. The second kappa shape index (κ2) is 10.8. The lowest BCUT2D eigenvalue weighted by molar-refractivity contribution is -0.119. The Morgan fingerprint density at radius 2 is 1.53 bits per heavy atom. The molecule has 4 rings (SSSR count). The van der Waals surface area contributed by atoms with Crippen molar-refractivity contribution < 1.29 is 4.79 Å². The van der Waals surface area contributed by atoms with Gasteiger partial charge in [0.1, 0.15) is 0 Å². The summed E-state index contributed by atoms with van der Waals surface area (Å²) in [4.78, 5) is 19.1. The van der Waals surface area contributed by atoms with E-state index >= 15 is 0 Å². The minimum absolute atomic E-state index is 0.0870. The van der Waals surface area contributed by atoms with Crippen LogP contribution < -0.4 is 4.90 Å². The van der Waals surface area contributed by atoms with Crippen molar-refractivity contribution in [2.75, 3.05) is 32.1 Å². The summed E-state index contributed by atoms with van der Waals surface area (Å²) in [6.07, 6.45) is 1.91. The average molecular weight is 445 g/mol. The smallest absolute Gasteiger partial charge is 0.230 e. The first-order chi connectivity index (χ1) is 15.6. The van der Waals surface area contributed by atoms with Crippen molar-refractivity contribution in [1.82, 2.24) is 4.90 Å². The molecule has 1 aliphatic carbocycles. The lowest BCUT2D eigenvalue weighted by Gasteiger charge is -2.26. The fraction of sp³-hybridized carbons (Fsp3) is 0.321. The van der Waals surface area contributed by atoms with Crippen LogP contribution >= 0.6 is 11.8 Å². The normalized spacial score (nSPS) is 17.3. The highest BCUT2D eigenvalue weighted by Gasteiger charge is 2.46. The van der Waals surface area contributed by atoms with Gasteiger partial charge >= 0.3 is 0 Å². The van der Waals surface area contributed by atoms with E-state index < -0.39 is 0 Å². The van der Waals surface area contributed by atoms with E-state index in [9.17, 15) is 4.79 Å². The maximum absolute atomic E-state index is 13.7. The van der Waals surface area contributed by atoms with E-state index in [1.54, 1.807) is 0 Å². The number of carbonyl (C=O) groups is 1. The molecule has 3 aromatic rings. The second-order valence-corrected chi connectivity index (χ2v) is 9.77. The summed E-state index contributed by atoms with van der Waals surface area (Å²) in [5.74, 6) is 1.60. The van der Waals surface area contributed by atoms with E-state index in [1.807, 2.05) is 23.9 Å². The lowest BCUT2D eigenvalue weighted by Crippen LogP contribution is -2.35. The van der Waals surface area contributed by atoms with E-state index in [2.05, 4.69) is 96.7 Å². The topological polar surface area (TPSA) is 23.6 Å². The van der Waals surface area contributed by atoms with E-state index in [0.717, 1.165) is 37.4 Å². The largest absolute Gasteiger partial charge is 0.311 e. The second-order valence-electron chi connectivity index (χ2n) is 8.75. The quantitative estimate of drug-likeness (QED) is 0.355. The molecule has 0 saturated heterocycles. The molecule has 3 nitrogen and oxygen atoms in total. The molecule has 0 bridgehead atoms. The van der Waals surface area contributed by atoms with Crippen molar-refractivity contribution in [1.29, 1.82) is 0 Å². The van der Waals surface area contributed by atoms with Gasteiger partial charge in [-0.25, -0.2) is 0 Å². The lowest BCUT2D eigenvalue weighted by atomic mass is 10.1. The van der Waals surface area contributed by atoms with E-state index in [0.29, 0.717) is 5.92 Å². The molecule has 0 spiro atoms. The summed E-state index contributed by atoms with van der Waals surface area (Å²) in [6, 6.07) is 29.4. The number of para-hydroxylation sites is 1. The Morgan fingerprint density at radius 1 is 0.875 bits per heavy atom. The van der Waals surface area contributed by atoms with Gasteiger partial charge in [-0.1, -0.05) is 72.8 Å². The molecular formula is C28H32N2OS. The van der Waals surface area contributed by atoms with Crippen LogP contribution in [0, 0.1) is 5.92 Å². The van der Waals surface area contributed by atoms with Gasteiger partial charge in [0.25, 0.3) is 0 Å². The average Bonchev–Trinajstić information content (AvgIpc) is 3.63. The zero-order valence-corrected chi connectivity index (χ0v) is 19.8. The van der Waals surface area contributed by atoms with Gasteiger partial charge in [-0.2, -0.15) is 0 Å². The maximum Gasteiger partial charge on any atom is 0.230 e. The molecule has 0 aromatic heterocycles. The summed E-state index contributed by atoms with van der Waals surface area (Å²) in [6.45, 7) is 1.72. The van der Waals surface area contributed by atoms with Gasteiger partial charge in [-0.15, -0.1) is 11.8 Å². The van der Waals surface area contributed by atoms with Crippen molar-refractivity contribution >= 4 is 23.4 Å². The Morgan fingerprint density at radius 3 is 2.25 bits per heavy atom. The molecule has 0 N–H and O–H groups in total. The first-order valence-electron chi connectivity index (χ1n) is 11.4. The molecule has 32 heavy (non-hydrogen) atoms. The van der Waals surface area contributed by atoms with Crippen LogP contribution in [0.5, 0.6) is 0 Å². The van der Waals surface area contributed by atoms with Crippen molar-refractivity contribution in [3.05, 3.63) is 96.1 Å². The molecule has 1 saturated carbocycles. The minimum Gasteiger partial charge on any atom is -0.311 e. The molecule has 0 unspecified atom stereocenters. The number of rotatable bonds is 10. The third-order valence-corrected chi connectivity index (χ3v) is 7.12. The van der Waals surface area contributed by atoms with Crippen molar-refractivity contribution in [3.8, 4) is 0 Å². The third-order valence-electron chi connectivity index (χ3n) is 5.98. The van der Waals surface area contributed by atoms with Crippen molar-refractivity contribution in [3.63, 3.8) is 0 Å². The summed E-state index contributed by atoms with van der Waals surface area (Å²) >= 11 is 1.81. The van der Waals surface area contributed by atoms with E-state index in [4.69, 9.17) is 0 Å². The number of amides is 1. The van der Waals surface area contributed by atoms with Gasteiger partial charge < -0.3 is 9.80 Å². The minimum atomic E-state index is 0.0870. The number of hydrogen-bond acceptors (Lipinski definition) is 3. The summed E-state index contributed by atoms with van der Waals surface area (Å²) < 4.78 is 0. The van der Waals surface area contributed by atoms with Crippen LogP contribution in [-0.4, -0.2) is 38.0 Å². The van der Waals surface area contributed by atoms with Crippen molar-refractivity contribution in [2.24, 2.45) is 5.92 Å². The molecular weight excluding hydrogens is 412 g/mol. The van der Waals surface area contributed by atoms with Crippen molar-refractivity contribution in [2.45, 2.75) is 29.4 Å². The maximum atomic E-state index is 13.7. The summed E-state index contributed by atoms with van der Waals surface area (Å²) in [5.41, 5.74) is 3.63. The Hall–Kier alpha value is -2.56. The molecule has 1 aliphatic rings. The molecule has 1 amide bonds. The molecule has 166 valence electrons. The predicted octanol–water partition coefficient (Wildman–Crippen LogP) is 6.07. The molecule has 4 heteroatoms. The molecule has 0 aliphatic heterocycles. The first kappa shape index (κ1) is 22.6. The summed E-state index contributed by atoms with van der Waals surface area (Å²) in [5, 5.41) is 0. The van der Waals surface area contributed by atoms with Crippen LogP contribution in [0.15, 0.2) is 89.8 Å². The van der Waals surface area contributed by atoms with Gasteiger partial charge in [-0.05, 0) is 62.7 Å². The van der Waals surface area contributed by atoms with Gasteiger partial charge in [0.15, 0.2) is 0 Å². The van der Waals surface area contributed by atoms with Gasteiger partial charge in [-0.3, -0.25) is 4.79 Å². The number of anilines is 1. The number of nitrogens with zero attached hydrogens (tertiary/aromatic N) is 2. The van der Waals surface area contributed by atoms with Crippen LogP contribution in [0.25, 0.3) is 0 Å². The Balaban J connectivity index is 1.53. The number of thioether (sulfide) groups is 1. The molecule has 0 heterocycles. The van der Waals surface area contributed by atoms with E-state index in [1.165, 1.54) is 16.0 Å². The molecule has 0 radical (unpaired) electrons. The first-order valence-corrected chi connectivity index (χ1v) is 12.4. The summed E-state index contributed by atoms with van der Waals surface area (Å²) in [7, 11) is 4.17. The standard InChI is InChI=1S/C28H32N2OS/c1-29(2)18-11-19-30(28(31)25-20-24(25)23-14-7-4-8-15-23)26-16-9-10-17-27(26)32-21-22-12-5-3-6-13-22/h3-10,12-17,24-25H,11,18-21H2,1-2H3/t24-,25+/m0/s1. The van der Waals surface area contributed by atoms with Gasteiger partial charge in [0.05, 0.1) is 5.69 Å². The van der Waals surface area contributed by atoms with Gasteiger partial charge in [0.2, 0.25) is 5.91 Å². The Bertz CT molecular complexity index is 1010. The fourth-order valence-corrected chi connectivity index (χ4v) is 5.18. The van der Waals surface area contributed by atoms with Crippen LogP contribution in [0.4, 0.5) is 5.69 Å². The molecule has 3 aromatic carbocycles. The van der Waals surface area contributed by atoms with Crippen LogP contribution in [0.3, 0.4) is 0 Å². The highest BCUT2D eigenvalue weighted by Crippen LogP contribution is 2.49.